The van der Waals surface area contributed by atoms with E-state index in [1.807, 2.05) is 0 Å². The van der Waals surface area contributed by atoms with Gasteiger partial charge in [0.25, 0.3) is 5.56 Å². The third kappa shape index (κ3) is 0.760. The van der Waals surface area contributed by atoms with E-state index in [1.165, 1.54) is 7.05 Å². The van der Waals surface area contributed by atoms with Gasteiger partial charge in [-0.1, -0.05) is 5.21 Å². The van der Waals surface area contributed by atoms with Crippen LogP contribution in [0.1, 0.15) is 0 Å². The minimum absolute atomic E-state index is 0.150. The highest BCUT2D eigenvalue weighted by atomic mass is 16.1. The molecule has 0 aliphatic rings. The molecule has 2 aromatic heterocycles. The quantitative estimate of drug-likeness (QED) is 0.491. The van der Waals surface area contributed by atoms with Gasteiger partial charge in [0.05, 0.1) is 0 Å². The maximum absolute atomic E-state index is 11.2. The average Bonchev–Trinajstić information content (AvgIpc) is 2.39. The summed E-state index contributed by atoms with van der Waals surface area (Å²) in [5, 5.41) is 7.07. The van der Waals surface area contributed by atoms with E-state index in [-0.39, 0.29) is 16.7 Å². The van der Waals surface area contributed by atoms with Gasteiger partial charge in [0.2, 0.25) is 0 Å². The summed E-state index contributed by atoms with van der Waals surface area (Å²) >= 11 is 0. The Bertz CT molecular complexity index is 532. The maximum atomic E-state index is 11.2. The highest BCUT2D eigenvalue weighted by molar-refractivity contribution is 5.66. The number of nitrogens with zero attached hydrogens (tertiary/aromatic N) is 3. The fourth-order valence-electron chi connectivity index (χ4n) is 0.918. The van der Waals surface area contributed by atoms with Gasteiger partial charge in [0, 0.05) is 7.05 Å². The van der Waals surface area contributed by atoms with Crippen molar-refractivity contribution >= 4 is 11.2 Å². The molecule has 2 heterocycles. The number of rotatable bonds is 0. The van der Waals surface area contributed by atoms with Crippen molar-refractivity contribution in [2.75, 3.05) is 0 Å². The van der Waals surface area contributed by atoms with E-state index in [9.17, 15) is 9.59 Å². The van der Waals surface area contributed by atoms with Crippen LogP contribution in [0.3, 0.4) is 0 Å². The van der Waals surface area contributed by atoms with Crippen LogP contribution in [-0.2, 0) is 7.05 Å². The molecule has 0 aliphatic carbocycles. The van der Waals surface area contributed by atoms with Crippen molar-refractivity contribution in [3.05, 3.63) is 20.8 Å². The molecule has 0 atom stereocenters. The molecule has 2 aromatic rings. The van der Waals surface area contributed by atoms with Crippen LogP contribution in [-0.4, -0.2) is 25.0 Å². The van der Waals surface area contributed by atoms with Crippen molar-refractivity contribution in [1.82, 2.24) is 25.0 Å². The summed E-state index contributed by atoms with van der Waals surface area (Å²) in [5.41, 5.74) is -0.499. The first-order chi connectivity index (χ1) is 5.68. The lowest BCUT2D eigenvalue weighted by atomic mass is 10.6. The maximum Gasteiger partial charge on any atom is 0.325 e. The van der Waals surface area contributed by atoms with Crippen LogP contribution in [0.15, 0.2) is 9.59 Å². The number of fused-ring (bicyclic) bond motifs is 1. The SMILES string of the molecule is Cn1nnc2[nH]c(=O)[nH]c2c1=O. The van der Waals surface area contributed by atoms with Crippen LogP contribution < -0.4 is 11.2 Å². The van der Waals surface area contributed by atoms with Crippen molar-refractivity contribution < 1.29 is 0 Å². The van der Waals surface area contributed by atoms with E-state index in [2.05, 4.69) is 20.3 Å². The molecule has 0 saturated carbocycles. The van der Waals surface area contributed by atoms with E-state index in [4.69, 9.17) is 0 Å². The first kappa shape index (κ1) is 6.77. The fraction of sp³-hybridized carbons (Fsp3) is 0.200. The van der Waals surface area contributed by atoms with E-state index in [0.717, 1.165) is 4.68 Å². The van der Waals surface area contributed by atoms with Crippen LogP contribution in [0.2, 0.25) is 0 Å². The number of nitrogens with one attached hydrogen (secondary N) is 2. The Balaban J connectivity index is 3.10. The van der Waals surface area contributed by atoms with Crippen LogP contribution in [0.4, 0.5) is 0 Å². The second kappa shape index (κ2) is 2.03. The van der Waals surface area contributed by atoms with Gasteiger partial charge in [0.1, 0.15) is 0 Å². The number of imidazole rings is 1. The molecule has 0 aliphatic heterocycles. The Labute approximate surface area is 65.0 Å². The number of H-pyrrole nitrogens is 2. The molecule has 0 spiro atoms. The molecular formula is C5H5N5O2. The molecule has 2 N–H and O–H groups in total. The number of aromatic nitrogens is 5. The Kier molecular flexibility index (Phi) is 1.15. The summed E-state index contributed by atoms with van der Waals surface area (Å²) in [7, 11) is 1.46. The average molecular weight is 167 g/mol. The highest BCUT2D eigenvalue weighted by Crippen LogP contribution is 1.90. The van der Waals surface area contributed by atoms with Gasteiger partial charge in [-0.2, -0.15) is 0 Å². The molecule has 0 radical (unpaired) electrons. The molecule has 12 heavy (non-hydrogen) atoms. The van der Waals surface area contributed by atoms with Crippen LogP contribution in [0, 0.1) is 0 Å². The summed E-state index contributed by atoms with van der Waals surface area (Å²) in [5.74, 6) is 0. The second-order valence-electron chi connectivity index (χ2n) is 2.32. The molecule has 7 heteroatoms. The minimum Gasteiger partial charge on any atom is -0.300 e. The highest BCUT2D eigenvalue weighted by Gasteiger charge is 2.04. The van der Waals surface area contributed by atoms with E-state index in [1.54, 1.807) is 0 Å². The largest absolute Gasteiger partial charge is 0.325 e. The van der Waals surface area contributed by atoms with E-state index < -0.39 is 5.69 Å². The zero-order valence-corrected chi connectivity index (χ0v) is 6.16. The van der Waals surface area contributed by atoms with Gasteiger partial charge < -0.3 is 0 Å². The zero-order valence-electron chi connectivity index (χ0n) is 6.16. The topological polar surface area (TPSA) is 96.4 Å². The molecular weight excluding hydrogens is 162 g/mol. The second-order valence-corrected chi connectivity index (χ2v) is 2.32. The normalized spacial score (nSPS) is 10.8. The smallest absolute Gasteiger partial charge is 0.300 e. The molecule has 7 nitrogen and oxygen atoms in total. The van der Waals surface area contributed by atoms with Crippen molar-refractivity contribution in [3.63, 3.8) is 0 Å². The number of aryl methyl sites for hydroxylation is 1. The molecule has 0 bridgehead atoms. The Morgan fingerprint density at radius 2 is 2.08 bits per heavy atom. The van der Waals surface area contributed by atoms with E-state index >= 15 is 0 Å². The minimum atomic E-state index is -0.456. The standard InChI is InChI=1S/C5H5N5O2/c1-10-4(11)2-3(8-9-10)7-5(12)6-2/h1H3,(H2,6,7,12). The molecule has 0 unspecified atom stereocenters. The predicted octanol–water partition coefficient (Wildman–Crippen LogP) is -1.66. The lowest BCUT2D eigenvalue weighted by Gasteiger charge is -1.90. The predicted molar refractivity (Wildman–Crippen MR) is 39.8 cm³/mol. The molecule has 0 saturated heterocycles. The van der Waals surface area contributed by atoms with Gasteiger partial charge >= 0.3 is 5.69 Å². The first-order valence-electron chi connectivity index (χ1n) is 3.20. The monoisotopic (exact) mass is 167 g/mol. The van der Waals surface area contributed by atoms with Crippen molar-refractivity contribution in [2.45, 2.75) is 0 Å². The third-order valence-corrected chi connectivity index (χ3v) is 1.49. The Morgan fingerprint density at radius 3 is 2.83 bits per heavy atom. The molecule has 0 aromatic carbocycles. The van der Waals surface area contributed by atoms with Gasteiger partial charge in [0.15, 0.2) is 11.2 Å². The van der Waals surface area contributed by atoms with Crippen molar-refractivity contribution in [3.8, 4) is 0 Å². The Hall–Kier alpha value is -1.92. The zero-order chi connectivity index (χ0) is 8.72. The third-order valence-electron chi connectivity index (χ3n) is 1.49. The van der Waals surface area contributed by atoms with Crippen LogP contribution in [0.25, 0.3) is 11.2 Å². The fourth-order valence-corrected chi connectivity index (χ4v) is 0.918. The summed E-state index contributed by atoms with van der Waals surface area (Å²) < 4.78 is 1.05. The number of hydrogen-bond acceptors (Lipinski definition) is 4. The molecule has 0 amide bonds. The summed E-state index contributed by atoms with van der Waals surface area (Å²) in [6.45, 7) is 0. The van der Waals surface area contributed by atoms with Gasteiger partial charge in [-0.05, 0) is 0 Å². The number of aromatic amines is 2. The van der Waals surface area contributed by atoms with Crippen LogP contribution in [0.5, 0.6) is 0 Å². The van der Waals surface area contributed by atoms with Gasteiger partial charge in [-0.25, -0.2) is 9.48 Å². The van der Waals surface area contributed by atoms with Crippen molar-refractivity contribution in [2.24, 2.45) is 7.05 Å². The number of hydrogen-bond donors (Lipinski definition) is 2. The van der Waals surface area contributed by atoms with Crippen molar-refractivity contribution in [1.29, 1.82) is 0 Å². The van der Waals surface area contributed by atoms with Gasteiger partial charge in [-0.3, -0.25) is 14.8 Å². The Morgan fingerprint density at radius 1 is 1.33 bits per heavy atom. The van der Waals surface area contributed by atoms with Crippen LogP contribution >= 0.6 is 0 Å². The molecule has 0 fully saturated rings. The van der Waals surface area contributed by atoms with Gasteiger partial charge in [-0.15, -0.1) is 5.10 Å². The summed E-state index contributed by atoms with van der Waals surface area (Å²) in [6, 6.07) is 0. The first-order valence-corrected chi connectivity index (χ1v) is 3.20. The molecule has 62 valence electrons. The summed E-state index contributed by atoms with van der Waals surface area (Å²) in [6.07, 6.45) is 0. The lowest BCUT2D eigenvalue weighted by Crippen LogP contribution is -2.20. The summed E-state index contributed by atoms with van der Waals surface area (Å²) in [4.78, 5) is 26.6. The lowest BCUT2D eigenvalue weighted by molar-refractivity contribution is 0.654. The molecule has 2 rings (SSSR count). The van der Waals surface area contributed by atoms with E-state index in [0.29, 0.717) is 0 Å².